The van der Waals surface area contributed by atoms with Crippen LogP contribution in [-0.4, -0.2) is 5.97 Å². The highest BCUT2D eigenvalue weighted by Crippen LogP contribution is 2.26. The molecule has 0 radical (unpaired) electrons. The number of anilines is 1. The molecule has 0 atom stereocenters. The second kappa shape index (κ2) is 5.87. The van der Waals surface area contributed by atoms with Crippen LogP contribution in [0.25, 0.3) is 10.1 Å². The Balaban J connectivity index is 1.76. The van der Waals surface area contributed by atoms with Gasteiger partial charge in [-0.2, -0.15) is 0 Å². The van der Waals surface area contributed by atoms with Crippen LogP contribution in [0.3, 0.4) is 0 Å². The van der Waals surface area contributed by atoms with Crippen LogP contribution in [-0.2, 0) is 11.3 Å². The minimum absolute atomic E-state index is 0.259. The zero-order valence-corrected chi connectivity index (χ0v) is 13.4. The number of nitrogen functional groups attached to an aromatic ring is 1. The second-order valence-electron chi connectivity index (χ2n) is 4.61. The van der Waals surface area contributed by atoms with Crippen LogP contribution in [0, 0.1) is 0 Å². The number of hydrogen-bond donors (Lipinski definition) is 1. The van der Waals surface area contributed by atoms with E-state index >= 15 is 0 Å². The molecule has 2 aromatic carbocycles. The van der Waals surface area contributed by atoms with E-state index in [2.05, 4.69) is 22.0 Å². The van der Waals surface area contributed by atoms with Crippen molar-refractivity contribution < 1.29 is 9.53 Å². The van der Waals surface area contributed by atoms with Gasteiger partial charge in [0, 0.05) is 20.4 Å². The average molecular weight is 362 g/mol. The van der Waals surface area contributed by atoms with E-state index in [1.54, 1.807) is 29.5 Å². The van der Waals surface area contributed by atoms with Crippen LogP contribution < -0.4 is 5.73 Å². The number of nitrogens with two attached hydrogens (primary N) is 1. The van der Waals surface area contributed by atoms with Crippen LogP contribution >= 0.6 is 27.3 Å². The van der Waals surface area contributed by atoms with Crippen molar-refractivity contribution in [3.8, 4) is 0 Å². The lowest BCUT2D eigenvalue weighted by Gasteiger charge is -2.06. The summed E-state index contributed by atoms with van der Waals surface area (Å²) < 4.78 is 7.33. The number of fused-ring (bicyclic) bond motifs is 1. The van der Waals surface area contributed by atoms with Crippen molar-refractivity contribution in [1.29, 1.82) is 0 Å². The average Bonchev–Trinajstić information content (AvgIpc) is 2.87. The molecule has 0 saturated carbocycles. The van der Waals surface area contributed by atoms with Gasteiger partial charge in [0.1, 0.15) is 6.61 Å². The lowest BCUT2D eigenvalue weighted by atomic mass is 10.2. The molecule has 0 saturated heterocycles. The number of benzene rings is 2. The van der Waals surface area contributed by atoms with Gasteiger partial charge < -0.3 is 10.5 Å². The van der Waals surface area contributed by atoms with Gasteiger partial charge in [-0.05, 0) is 35.0 Å². The molecule has 1 heterocycles. The topological polar surface area (TPSA) is 52.3 Å². The Labute approximate surface area is 134 Å². The maximum Gasteiger partial charge on any atom is 0.338 e. The van der Waals surface area contributed by atoms with E-state index in [0.717, 1.165) is 15.4 Å². The van der Waals surface area contributed by atoms with E-state index in [4.69, 9.17) is 10.5 Å². The summed E-state index contributed by atoms with van der Waals surface area (Å²) in [6.45, 7) is 0.259. The van der Waals surface area contributed by atoms with Crippen molar-refractivity contribution >= 4 is 49.0 Å². The van der Waals surface area contributed by atoms with E-state index in [1.807, 2.05) is 23.6 Å². The number of thiophene rings is 1. The Hall–Kier alpha value is -1.85. The molecular weight excluding hydrogens is 350 g/mol. The molecule has 0 aliphatic heterocycles. The number of esters is 1. The fourth-order valence-electron chi connectivity index (χ4n) is 2.10. The van der Waals surface area contributed by atoms with Gasteiger partial charge in [0.25, 0.3) is 0 Å². The van der Waals surface area contributed by atoms with Gasteiger partial charge in [-0.15, -0.1) is 11.3 Å². The monoisotopic (exact) mass is 361 g/mol. The summed E-state index contributed by atoms with van der Waals surface area (Å²) in [4.78, 5) is 12.1. The molecule has 2 N–H and O–H groups in total. The van der Waals surface area contributed by atoms with Crippen molar-refractivity contribution in [1.82, 2.24) is 0 Å². The van der Waals surface area contributed by atoms with Crippen LogP contribution in [0.5, 0.6) is 0 Å². The molecule has 0 amide bonds. The molecule has 3 aromatic rings. The second-order valence-corrected chi connectivity index (χ2v) is 6.43. The van der Waals surface area contributed by atoms with E-state index in [1.165, 1.54) is 4.70 Å². The number of hydrogen-bond acceptors (Lipinski definition) is 4. The van der Waals surface area contributed by atoms with Crippen LogP contribution in [0.1, 0.15) is 15.9 Å². The maximum absolute atomic E-state index is 12.1. The maximum atomic E-state index is 12.1. The molecule has 0 aliphatic rings. The highest BCUT2D eigenvalue weighted by Gasteiger charge is 2.11. The zero-order chi connectivity index (χ0) is 14.8. The molecule has 3 rings (SSSR count). The van der Waals surface area contributed by atoms with E-state index in [-0.39, 0.29) is 12.6 Å². The van der Waals surface area contributed by atoms with Crippen molar-refractivity contribution in [2.45, 2.75) is 6.61 Å². The normalized spacial score (nSPS) is 10.7. The van der Waals surface area contributed by atoms with Gasteiger partial charge in [-0.3, -0.25) is 0 Å². The third-order valence-electron chi connectivity index (χ3n) is 3.08. The Morgan fingerprint density at radius 2 is 2.05 bits per heavy atom. The molecule has 21 heavy (non-hydrogen) atoms. The third kappa shape index (κ3) is 3.09. The molecule has 0 aliphatic carbocycles. The Morgan fingerprint density at radius 3 is 2.86 bits per heavy atom. The molecule has 5 heteroatoms. The summed E-state index contributed by atoms with van der Waals surface area (Å²) in [5.74, 6) is -0.377. The molecule has 0 bridgehead atoms. The van der Waals surface area contributed by atoms with Crippen molar-refractivity contribution in [3.05, 3.63) is 63.4 Å². The summed E-state index contributed by atoms with van der Waals surface area (Å²) in [6.07, 6.45) is 0. The number of halogens is 1. The predicted molar refractivity (Wildman–Crippen MR) is 89.5 cm³/mol. The van der Waals surface area contributed by atoms with Gasteiger partial charge in [-0.25, -0.2) is 4.79 Å². The first-order chi connectivity index (χ1) is 10.1. The van der Waals surface area contributed by atoms with Crippen LogP contribution in [0.4, 0.5) is 5.69 Å². The number of rotatable bonds is 3. The standard InChI is InChI=1S/C16H12BrNO2S/c17-12-5-10(6-13(18)7-12)16(19)20-8-11-9-21-15-4-2-1-3-14(11)15/h1-7,9H,8,18H2. The summed E-state index contributed by atoms with van der Waals surface area (Å²) in [5.41, 5.74) is 7.72. The van der Waals surface area contributed by atoms with E-state index < -0.39 is 0 Å². The minimum atomic E-state index is -0.377. The van der Waals surface area contributed by atoms with E-state index in [0.29, 0.717) is 11.3 Å². The van der Waals surface area contributed by atoms with Gasteiger partial charge in [0.15, 0.2) is 0 Å². The highest BCUT2D eigenvalue weighted by atomic mass is 79.9. The molecule has 1 aromatic heterocycles. The summed E-state index contributed by atoms with van der Waals surface area (Å²) >= 11 is 4.97. The van der Waals surface area contributed by atoms with Crippen molar-refractivity contribution in [2.75, 3.05) is 5.73 Å². The Bertz CT molecular complexity index is 793. The van der Waals surface area contributed by atoms with Crippen molar-refractivity contribution in [3.63, 3.8) is 0 Å². The van der Waals surface area contributed by atoms with Gasteiger partial charge in [0.2, 0.25) is 0 Å². The first kappa shape index (κ1) is 14.1. The fraction of sp³-hybridized carbons (Fsp3) is 0.0625. The van der Waals surface area contributed by atoms with Gasteiger partial charge in [0.05, 0.1) is 5.56 Å². The summed E-state index contributed by atoms with van der Waals surface area (Å²) in [7, 11) is 0. The lowest BCUT2D eigenvalue weighted by molar-refractivity contribution is 0.0474. The lowest BCUT2D eigenvalue weighted by Crippen LogP contribution is -2.05. The van der Waals surface area contributed by atoms with Gasteiger partial charge in [-0.1, -0.05) is 34.1 Å². The van der Waals surface area contributed by atoms with Crippen molar-refractivity contribution in [2.24, 2.45) is 0 Å². The Kier molecular flexibility index (Phi) is 3.94. The molecule has 106 valence electrons. The summed E-state index contributed by atoms with van der Waals surface area (Å²) in [5, 5.41) is 3.15. The molecule has 3 nitrogen and oxygen atoms in total. The Morgan fingerprint density at radius 1 is 1.24 bits per heavy atom. The van der Waals surface area contributed by atoms with E-state index in [9.17, 15) is 4.79 Å². The number of carbonyl (C=O) groups is 1. The first-order valence-electron chi connectivity index (χ1n) is 6.32. The minimum Gasteiger partial charge on any atom is -0.457 e. The van der Waals surface area contributed by atoms with Gasteiger partial charge >= 0.3 is 5.97 Å². The molecular formula is C16H12BrNO2S. The third-order valence-corrected chi connectivity index (χ3v) is 4.55. The SMILES string of the molecule is Nc1cc(Br)cc(C(=O)OCc2csc3ccccc23)c1. The smallest absolute Gasteiger partial charge is 0.338 e. The number of ether oxygens (including phenoxy) is 1. The molecule has 0 fully saturated rings. The van der Waals surface area contributed by atoms with Crippen LogP contribution in [0.15, 0.2) is 52.3 Å². The molecule has 0 spiro atoms. The highest BCUT2D eigenvalue weighted by molar-refractivity contribution is 9.10. The van der Waals surface area contributed by atoms with Crippen LogP contribution in [0.2, 0.25) is 0 Å². The quantitative estimate of drug-likeness (QED) is 0.547. The fourth-order valence-corrected chi connectivity index (χ4v) is 3.56. The zero-order valence-electron chi connectivity index (χ0n) is 11.0. The summed E-state index contributed by atoms with van der Waals surface area (Å²) in [6, 6.07) is 13.1. The predicted octanol–water partition coefficient (Wildman–Crippen LogP) is 4.60. The number of carbonyl (C=O) groups excluding carboxylic acids is 1. The largest absolute Gasteiger partial charge is 0.457 e. The first-order valence-corrected chi connectivity index (χ1v) is 7.99. The molecule has 0 unspecified atom stereocenters.